The average Bonchev–Trinajstić information content (AvgIpc) is 2.79. The lowest BCUT2D eigenvalue weighted by molar-refractivity contribution is 0.0692. The highest BCUT2D eigenvalue weighted by molar-refractivity contribution is 6.33. The van der Waals surface area contributed by atoms with Gasteiger partial charge in [-0.3, -0.25) is 0 Å². The second-order valence-corrected chi connectivity index (χ2v) is 4.74. The molecule has 1 aromatic heterocycles. The first-order valence-corrected chi connectivity index (χ1v) is 6.22. The van der Waals surface area contributed by atoms with Crippen molar-refractivity contribution in [1.82, 2.24) is 9.97 Å². The molecule has 0 atom stereocenters. The van der Waals surface area contributed by atoms with E-state index in [1.165, 1.54) is 18.2 Å². The number of H-pyrrole nitrogens is 1. The van der Waals surface area contributed by atoms with E-state index in [1.54, 1.807) is 0 Å². The largest absolute Gasteiger partial charge is 0.478 e. The average molecular weight is 309 g/mol. The number of hydrogen-bond acceptors (Lipinski definition) is 2. The van der Waals surface area contributed by atoms with Gasteiger partial charge >= 0.3 is 5.97 Å². The van der Waals surface area contributed by atoms with Gasteiger partial charge in [0.1, 0.15) is 17.5 Å². The van der Waals surface area contributed by atoms with Gasteiger partial charge in [0, 0.05) is 6.07 Å². The summed E-state index contributed by atoms with van der Waals surface area (Å²) in [7, 11) is 0. The molecular weight excluding hydrogens is 302 g/mol. The van der Waals surface area contributed by atoms with E-state index >= 15 is 0 Å². The maximum Gasteiger partial charge on any atom is 0.338 e. The van der Waals surface area contributed by atoms with Crippen molar-refractivity contribution < 1.29 is 18.7 Å². The predicted octanol–water partition coefficient (Wildman–Crippen LogP) is 3.86. The summed E-state index contributed by atoms with van der Waals surface area (Å²) in [5.74, 6) is -2.77. The molecule has 1 heterocycles. The summed E-state index contributed by atoms with van der Waals surface area (Å²) in [4.78, 5) is 17.7. The van der Waals surface area contributed by atoms with Crippen molar-refractivity contribution in [3.05, 3.63) is 52.6 Å². The number of nitrogens with zero attached hydrogens (tertiary/aromatic N) is 1. The first-order valence-electron chi connectivity index (χ1n) is 5.84. The van der Waals surface area contributed by atoms with E-state index in [9.17, 15) is 13.6 Å². The molecule has 3 aromatic rings. The molecule has 0 radical (unpaired) electrons. The zero-order chi connectivity index (χ0) is 15.1. The van der Waals surface area contributed by atoms with Crippen molar-refractivity contribution in [3.8, 4) is 11.4 Å². The number of aromatic nitrogens is 2. The van der Waals surface area contributed by atoms with Crippen LogP contribution in [0.1, 0.15) is 10.4 Å². The Morgan fingerprint density at radius 1 is 1.24 bits per heavy atom. The van der Waals surface area contributed by atoms with Gasteiger partial charge in [-0.25, -0.2) is 18.6 Å². The fourth-order valence-corrected chi connectivity index (χ4v) is 2.29. The standard InChI is InChI=1S/C14H7ClF2N2O2/c15-7-2-1-3-8(16)12(7)13-18-10-4-6(14(20)21)9(17)5-11(10)19-13/h1-5H,(H,18,19)(H,20,21). The first-order chi connectivity index (χ1) is 9.97. The molecule has 0 fully saturated rings. The molecule has 0 aliphatic carbocycles. The Bertz CT molecular complexity index is 857. The highest BCUT2D eigenvalue weighted by Crippen LogP contribution is 2.30. The van der Waals surface area contributed by atoms with Crippen LogP contribution in [-0.4, -0.2) is 21.0 Å². The van der Waals surface area contributed by atoms with Crippen molar-refractivity contribution in [2.45, 2.75) is 0 Å². The molecule has 0 aliphatic heterocycles. The van der Waals surface area contributed by atoms with Crippen LogP contribution in [0.3, 0.4) is 0 Å². The van der Waals surface area contributed by atoms with E-state index in [0.29, 0.717) is 0 Å². The lowest BCUT2D eigenvalue weighted by Crippen LogP contribution is -1.99. The highest BCUT2D eigenvalue weighted by atomic mass is 35.5. The maximum absolute atomic E-state index is 13.8. The summed E-state index contributed by atoms with van der Waals surface area (Å²) in [6.45, 7) is 0. The number of carboxylic acids is 1. The molecule has 0 unspecified atom stereocenters. The van der Waals surface area contributed by atoms with E-state index in [2.05, 4.69) is 9.97 Å². The number of aromatic amines is 1. The number of rotatable bonds is 2. The Balaban J connectivity index is 2.25. The van der Waals surface area contributed by atoms with Crippen molar-refractivity contribution in [2.75, 3.05) is 0 Å². The van der Waals surface area contributed by atoms with E-state index in [0.717, 1.165) is 12.1 Å². The molecule has 2 N–H and O–H groups in total. The van der Waals surface area contributed by atoms with E-state index in [-0.39, 0.29) is 27.4 Å². The molecule has 4 nitrogen and oxygen atoms in total. The van der Waals surface area contributed by atoms with Gasteiger partial charge in [0.2, 0.25) is 0 Å². The van der Waals surface area contributed by atoms with Gasteiger partial charge in [0.25, 0.3) is 0 Å². The van der Waals surface area contributed by atoms with Gasteiger partial charge in [0.15, 0.2) is 0 Å². The molecule has 3 rings (SSSR count). The minimum atomic E-state index is -1.40. The van der Waals surface area contributed by atoms with Gasteiger partial charge < -0.3 is 10.1 Å². The maximum atomic E-state index is 13.8. The fourth-order valence-electron chi connectivity index (χ4n) is 2.04. The van der Waals surface area contributed by atoms with Crippen LogP contribution in [0, 0.1) is 11.6 Å². The molecular formula is C14H7ClF2N2O2. The van der Waals surface area contributed by atoms with Crippen LogP contribution >= 0.6 is 11.6 Å². The zero-order valence-electron chi connectivity index (χ0n) is 10.3. The van der Waals surface area contributed by atoms with Crippen LogP contribution in [0.5, 0.6) is 0 Å². The van der Waals surface area contributed by atoms with Crippen molar-refractivity contribution >= 4 is 28.6 Å². The summed E-state index contributed by atoms with van der Waals surface area (Å²) >= 11 is 5.94. The first kappa shape index (κ1) is 13.5. The number of halogens is 3. The molecule has 0 aliphatic rings. The molecule has 0 saturated carbocycles. The number of benzene rings is 2. The summed E-state index contributed by atoms with van der Waals surface area (Å²) in [6, 6.07) is 6.26. The Hall–Kier alpha value is -2.47. The number of carbonyl (C=O) groups is 1. The van der Waals surface area contributed by atoms with Crippen LogP contribution in [0.25, 0.3) is 22.4 Å². The van der Waals surface area contributed by atoms with E-state index in [4.69, 9.17) is 16.7 Å². The fraction of sp³-hybridized carbons (Fsp3) is 0. The molecule has 0 bridgehead atoms. The highest BCUT2D eigenvalue weighted by Gasteiger charge is 2.17. The molecule has 21 heavy (non-hydrogen) atoms. The summed E-state index contributed by atoms with van der Waals surface area (Å²) in [5.41, 5.74) is 0.0165. The Kier molecular flexibility index (Phi) is 3.10. The van der Waals surface area contributed by atoms with E-state index in [1.807, 2.05) is 0 Å². The molecule has 0 saturated heterocycles. The number of nitrogens with one attached hydrogen (secondary N) is 1. The molecule has 106 valence electrons. The van der Waals surface area contributed by atoms with Crippen LogP contribution in [0.2, 0.25) is 5.02 Å². The Labute approximate surface area is 122 Å². The van der Waals surface area contributed by atoms with Crippen molar-refractivity contribution in [1.29, 1.82) is 0 Å². The number of aromatic carboxylic acids is 1. The molecule has 7 heteroatoms. The number of hydrogen-bond donors (Lipinski definition) is 2. The molecule has 2 aromatic carbocycles. The third-order valence-corrected chi connectivity index (χ3v) is 3.32. The Morgan fingerprint density at radius 2 is 2.00 bits per heavy atom. The van der Waals surface area contributed by atoms with Gasteiger partial charge in [0.05, 0.1) is 27.2 Å². The number of fused-ring (bicyclic) bond motifs is 1. The summed E-state index contributed by atoms with van der Waals surface area (Å²) in [5, 5.41) is 9.02. The van der Waals surface area contributed by atoms with E-state index < -0.39 is 23.2 Å². The lowest BCUT2D eigenvalue weighted by Gasteiger charge is -2.01. The Morgan fingerprint density at radius 3 is 2.67 bits per heavy atom. The second kappa shape index (κ2) is 4.82. The van der Waals surface area contributed by atoms with Crippen molar-refractivity contribution in [3.63, 3.8) is 0 Å². The third-order valence-electron chi connectivity index (χ3n) is 3.00. The zero-order valence-corrected chi connectivity index (χ0v) is 11.1. The second-order valence-electron chi connectivity index (χ2n) is 4.34. The van der Waals surface area contributed by atoms with Crippen LogP contribution in [-0.2, 0) is 0 Å². The monoisotopic (exact) mass is 308 g/mol. The number of carboxylic acid groups (broad SMARTS) is 1. The molecule has 0 spiro atoms. The number of imidazole rings is 1. The normalized spacial score (nSPS) is 11.0. The summed E-state index contributed by atoms with van der Waals surface area (Å²) in [6.07, 6.45) is 0. The van der Waals surface area contributed by atoms with Crippen LogP contribution < -0.4 is 0 Å². The topological polar surface area (TPSA) is 66.0 Å². The summed E-state index contributed by atoms with van der Waals surface area (Å²) < 4.78 is 27.5. The van der Waals surface area contributed by atoms with Crippen LogP contribution in [0.15, 0.2) is 30.3 Å². The third kappa shape index (κ3) is 2.23. The van der Waals surface area contributed by atoms with Gasteiger partial charge in [-0.1, -0.05) is 17.7 Å². The van der Waals surface area contributed by atoms with Gasteiger partial charge in [-0.2, -0.15) is 0 Å². The van der Waals surface area contributed by atoms with Gasteiger partial charge in [-0.05, 0) is 18.2 Å². The molecule has 0 amide bonds. The van der Waals surface area contributed by atoms with Crippen LogP contribution in [0.4, 0.5) is 8.78 Å². The van der Waals surface area contributed by atoms with Gasteiger partial charge in [-0.15, -0.1) is 0 Å². The minimum Gasteiger partial charge on any atom is -0.478 e. The minimum absolute atomic E-state index is 0.0487. The predicted molar refractivity (Wildman–Crippen MR) is 73.4 cm³/mol. The quantitative estimate of drug-likeness (QED) is 0.755. The SMILES string of the molecule is O=C(O)c1cc2nc(-c3c(F)cccc3Cl)[nH]c2cc1F. The van der Waals surface area contributed by atoms with Crippen molar-refractivity contribution in [2.24, 2.45) is 0 Å². The smallest absolute Gasteiger partial charge is 0.338 e. The lowest BCUT2D eigenvalue weighted by atomic mass is 10.2.